The SMILES string of the molecule is Cc1ccc(S(=O)(=O)N(C)C[C@@H]2OCCCC[C@H](C)Oc3ccc(NC(=O)C4CCCCC4)cc3C(=O)N([C@@H](C)CO)C[C@H]2C)cc1. The first-order chi connectivity index (χ1) is 22.4. The van der Waals surface area contributed by atoms with E-state index in [-0.39, 0.29) is 54.3 Å². The van der Waals surface area contributed by atoms with E-state index in [0.29, 0.717) is 23.6 Å². The van der Waals surface area contributed by atoms with E-state index in [1.54, 1.807) is 61.3 Å². The van der Waals surface area contributed by atoms with Crippen LogP contribution >= 0.6 is 0 Å². The molecular weight excluding hydrogens is 618 g/mol. The van der Waals surface area contributed by atoms with Crippen molar-refractivity contribution in [2.45, 2.75) is 102 Å². The molecule has 0 radical (unpaired) electrons. The summed E-state index contributed by atoms with van der Waals surface area (Å²) in [5.74, 6) is -0.281. The molecule has 260 valence electrons. The van der Waals surface area contributed by atoms with Crippen LogP contribution in [-0.4, -0.2) is 86.1 Å². The van der Waals surface area contributed by atoms with Crippen LogP contribution in [0.3, 0.4) is 0 Å². The van der Waals surface area contributed by atoms with Crippen LogP contribution in [0.5, 0.6) is 5.75 Å². The number of carbonyl (C=O) groups excluding carboxylic acids is 2. The minimum Gasteiger partial charge on any atom is -0.490 e. The van der Waals surface area contributed by atoms with E-state index in [2.05, 4.69) is 5.32 Å². The fraction of sp³-hybridized carbons (Fsp3) is 0.611. The van der Waals surface area contributed by atoms with Crippen LogP contribution in [0.25, 0.3) is 0 Å². The van der Waals surface area contributed by atoms with Gasteiger partial charge in [0.15, 0.2) is 0 Å². The van der Waals surface area contributed by atoms with Crippen LogP contribution in [-0.2, 0) is 19.6 Å². The Labute approximate surface area is 280 Å². The van der Waals surface area contributed by atoms with Crippen molar-refractivity contribution in [3.8, 4) is 5.75 Å². The summed E-state index contributed by atoms with van der Waals surface area (Å²) in [4.78, 5) is 29.3. The fourth-order valence-corrected chi connectivity index (χ4v) is 7.50. The Hall–Kier alpha value is -2.99. The van der Waals surface area contributed by atoms with Crippen LogP contribution in [0.2, 0.25) is 0 Å². The number of ether oxygens (including phenoxy) is 2. The first-order valence-electron chi connectivity index (χ1n) is 17.1. The number of rotatable bonds is 8. The number of benzene rings is 2. The molecule has 1 aliphatic heterocycles. The molecule has 2 aliphatic rings. The Morgan fingerprint density at radius 2 is 1.72 bits per heavy atom. The predicted molar refractivity (Wildman–Crippen MR) is 183 cm³/mol. The van der Waals surface area contributed by atoms with Gasteiger partial charge in [0.1, 0.15) is 5.75 Å². The van der Waals surface area contributed by atoms with Crippen LogP contribution in [0.4, 0.5) is 5.69 Å². The summed E-state index contributed by atoms with van der Waals surface area (Å²) in [5, 5.41) is 13.3. The summed E-state index contributed by atoms with van der Waals surface area (Å²) < 4.78 is 40.9. The summed E-state index contributed by atoms with van der Waals surface area (Å²) in [6, 6.07) is 11.4. The van der Waals surface area contributed by atoms with Crippen molar-refractivity contribution in [2.24, 2.45) is 11.8 Å². The maximum Gasteiger partial charge on any atom is 0.258 e. The molecule has 2 aromatic rings. The molecule has 1 heterocycles. The lowest BCUT2D eigenvalue weighted by atomic mass is 9.88. The predicted octanol–water partition coefficient (Wildman–Crippen LogP) is 5.63. The van der Waals surface area contributed by atoms with Crippen molar-refractivity contribution in [3.05, 3.63) is 53.6 Å². The van der Waals surface area contributed by atoms with Crippen molar-refractivity contribution in [1.29, 1.82) is 0 Å². The van der Waals surface area contributed by atoms with Gasteiger partial charge in [0.25, 0.3) is 5.91 Å². The van der Waals surface area contributed by atoms with E-state index in [9.17, 15) is 23.1 Å². The number of fused-ring (bicyclic) bond motifs is 1. The quantitative estimate of drug-likeness (QED) is 0.373. The summed E-state index contributed by atoms with van der Waals surface area (Å²) in [6.45, 7) is 8.05. The van der Waals surface area contributed by atoms with Gasteiger partial charge in [-0.1, -0.05) is 43.9 Å². The molecule has 1 saturated carbocycles. The van der Waals surface area contributed by atoms with Gasteiger partial charge in [0.05, 0.1) is 35.3 Å². The normalized spacial score (nSPS) is 23.0. The molecule has 0 unspecified atom stereocenters. The number of hydrogen-bond acceptors (Lipinski definition) is 7. The standard InChI is InChI=1S/C36H53N3O7S/c1-25-14-17-31(18-15-25)47(43,44)38(5)23-34-26(2)22-39(27(3)24-40)36(42)32-21-30(37-35(41)29-12-7-6-8-13-29)16-19-33(32)46-28(4)11-9-10-20-45-34/h14-19,21,26-29,34,40H,6-13,20,22-24H2,1-5H3,(H,37,41)/t26-,27+,28+,34+/m1/s1. The lowest BCUT2D eigenvalue weighted by Crippen LogP contribution is -2.48. The number of nitrogens with one attached hydrogen (secondary N) is 1. The van der Waals surface area contributed by atoms with Gasteiger partial charge >= 0.3 is 0 Å². The number of aryl methyl sites for hydroxylation is 1. The van der Waals surface area contributed by atoms with Crippen LogP contribution in [0.1, 0.15) is 88.1 Å². The van der Waals surface area contributed by atoms with Crippen LogP contribution < -0.4 is 10.1 Å². The number of sulfonamides is 1. The smallest absolute Gasteiger partial charge is 0.258 e. The lowest BCUT2D eigenvalue weighted by molar-refractivity contribution is -0.120. The number of anilines is 1. The number of aliphatic hydroxyl groups is 1. The van der Waals surface area contributed by atoms with Gasteiger partial charge in [-0.2, -0.15) is 4.31 Å². The zero-order valence-corrected chi connectivity index (χ0v) is 29.4. The molecule has 0 aromatic heterocycles. The second kappa shape index (κ2) is 16.9. The van der Waals surface area contributed by atoms with Gasteiger partial charge in [0, 0.05) is 44.3 Å². The number of nitrogens with zero attached hydrogens (tertiary/aromatic N) is 2. The van der Waals surface area contributed by atoms with Crippen LogP contribution in [0.15, 0.2) is 47.4 Å². The third-order valence-corrected chi connectivity index (χ3v) is 11.3. The Morgan fingerprint density at radius 3 is 2.40 bits per heavy atom. The van der Waals surface area contributed by atoms with Gasteiger partial charge in [-0.3, -0.25) is 9.59 Å². The molecule has 2 aromatic carbocycles. The Bertz CT molecular complexity index is 1440. The molecule has 0 bridgehead atoms. The summed E-state index contributed by atoms with van der Waals surface area (Å²) in [7, 11) is -2.22. The Balaban J connectivity index is 1.62. The largest absolute Gasteiger partial charge is 0.490 e. The van der Waals surface area contributed by atoms with E-state index in [4.69, 9.17) is 9.47 Å². The first kappa shape index (κ1) is 36.8. The van der Waals surface area contributed by atoms with Gasteiger partial charge in [-0.25, -0.2) is 8.42 Å². The average molecular weight is 672 g/mol. The fourth-order valence-electron chi connectivity index (χ4n) is 6.31. The third kappa shape index (κ3) is 9.78. The molecule has 4 rings (SSSR count). The number of likely N-dealkylation sites (N-methyl/N-ethyl adjacent to an activating group) is 1. The molecule has 4 atom stereocenters. The number of carbonyl (C=O) groups is 2. The maximum atomic E-state index is 14.4. The highest BCUT2D eigenvalue weighted by molar-refractivity contribution is 7.89. The van der Waals surface area contributed by atoms with Gasteiger partial charge < -0.3 is 24.8 Å². The number of hydrogen-bond donors (Lipinski definition) is 2. The molecule has 1 fully saturated rings. The third-order valence-electron chi connectivity index (χ3n) is 9.46. The highest BCUT2D eigenvalue weighted by Gasteiger charge is 2.32. The van der Waals surface area contributed by atoms with Crippen molar-refractivity contribution >= 4 is 27.5 Å². The van der Waals surface area contributed by atoms with Gasteiger partial charge in [0.2, 0.25) is 15.9 Å². The molecular formula is C36H53N3O7S. The summed E-state index contributed by atoms with van der Waals surface area (Å²) in [6.07, 6.45) is 6.57. The second-order valence-electron chi connectivity index (χ2n) is 13.4. The van der Waals surface area contributed by atoms with Gasteiger partial charge in [-0.15, -0.1) is 0 Å². The highest BCUT2D eigenvalue weighted by Crippen LogP contribution is 2.30. The molecule has 0 spiro atoms. The van der Waals surface area contributed by atoms with E-state index in [1.807, 2.05) is 20.8 Å². The summed E-state index contributed by atoms with van der Waals surface area (Å²) >= 11 is 0. The second-order valence-corrected chi connectivity index (χ2v) is 15.5. The van der Waals surface area contributed by atoms with Crippen molar-refractivity contribution < 1.29 is 32.6 Å². The molecule has 2 amide bonds. The van der Waals surface area contributed by atoms with Crippen molar-refractivity contribution in [3.63, 3.8) is 0 Å². The lowest BCUT2D eigenvalue weighted by Gasteiger charge is -2.35. The summed E-state index contributed by atoms with van der Waals surface area (Å²) in [5.41, 5.74) is 1.80. The maximum absolute atomic E-state index is 14.4. The average Bonchev–Trinajstić information content (AvgIpc) is 3.06. The van der Waals surface area contributed by atoms with E-state index in [1.165, 1.54) is 4.31 Å². The topological polar surface area (TPSA) is 125 Å². The molecule has 0 saturated heterocycles. The molecule has 11 heteroatoms. The molecule has 2 N–H and O–H groups in total. The minimum atomic E-state index is -3.77. The monoisotopic (exact) mass is 671 g/mol. The Kier molecular flexibility index (Phi) is 13.2. The molecule has 47 heavy (non-hydrogen) atoms. The number of amides is 2. The zero-order chi connectivity index (χ0) is 34.1. The van der Waals surface area contributed by atoms with Crippen LogP contribution in [0, 0.1) is 18.8 Å². The van der Waals surface area contributed by atoms with Crippen molar-refractivity contribution in [1.82, 2.24) is 9.21 Å². The van der Waals surface area contributed by atoms with E-state index in [0.717, 1.165) is 56.9 Å². The molecule has 10 nitrogen and oxygen atoms in total. The first-order valence-corrected chi connectivity index (χ1v) is 18.5. The molecule has 1 aliphatic carbocycles. The highest BCUT2D eigenvalue weighted by atomic mass is 32.2. The van der Waals surface area contributed by atoms with E-state index >= 15 is 0 Å². The van der Waals surface area contributed by atoms with Gasteiger partial charge in [-0.05, 0) is 83.2 Å². The number of aliphatic hydroxyl groups excluding tert-OH is 1. The van der Waals surface area contributed by atoms with Crippen molar-refractivity contribution in [2.75, 3.05) is 38.7 Å². The minimum absolute atomic E-state index is 0.0359. The van der Waals surface area contributed by atoms with E-state index < -0.39 is 22.2 Å². The Morgan fingerprint density at radius 1 is 1.04 bits per heavy atom. The zero-order valence-electron chi connectivity index (χ0n) is 28.6.